The van der Waals surface area contributed by atoms with Gasteiger partial charge in [-0.15, -0.1) is 0 Å². The second kappa shape index (κ2) is 8.71. The highest BCUT2D eigenvalue weighted by Crippen LogP contribution is 2.21. The van der Waals surface area contributed by atoms with Crippen molar-refractivity contribution in [2.75, 3.05) is 4.72 Å². The molecule has 2 N–H and O–H groups in total. The van der Waals surface area contributed by atoms with E-state index in [1.807, 2.05) is 39.8 Å². The van der Waals surface area contributed by atoms with Crippen molar-refractivity contribution in [2.24, 2.45) is 0 Å². The van der Waals surface area contributed by atoms with E-state index in [4.69, 9.17) is 0 Å². The fourth-order valence-electron chi connectivity index (χ4n) is 3.24. The molecule has 1 amide bonds. The average Bonchev–Trinajstić information content (AvgIpc) is 2.70. The summed E-state index contributed by atoms with van der Waals surface area (Å²) < 4.78 is 27.8. The van der Waals surface area contributed by atoms with Crippen LogP contribution in [0.3, 0.4) is 0 Å². The molecule has 0 fully saturated rings. The minimum atomic E-state index is -3.73. The first-order valence-corrected chi connectivity index (χ1v) is 11.2. The molecular weight excluding hydrogens is 396 g/mol. The van der Waals surface area contributed by atoms with Crippen LogP contribution in [0.1, 0.15) is 45.6 Å². The second-order valence-corrected chi connectivity index (χ2v) is 9.24. The number of amides is 1. The third-order valence-electron chi connectivity index (χ3n) is 4.96. The summed E-state index contributed by atoms with van der Waals surface area (Å²) in [7, 11) is -3.73. The molecule has 3 aromatic rings. The summed E-state index contributed by atoms with van der Waals surface area (Å²) >= 11 is 0. The Kier molecular flexibility index (Phi) is 6.27. The topological polar surface area (TPSA) is 75.3 Å². The van der Waals surface area contributed by atoms with Crippen LogP contribution in [0.4, 0.5) is 5.69 Å². The molecule has 0 aliphatic carbocycles. The Morgan fingerprint density at radius 1 is 0.867 bits per heavy atom. The number of aryl methyl sites for hydroxylation is 3. The third-order valence-corrected chi connectivity index (χ3v) is 6.35. The maximum absolute atomic E-state index is 12.8. The van der Waals surface area contributed by atoms with E-state index >= 15 is 0 Å². The third kappa shape index (κ3) is 5.07. The van der Waals surface area contributed by atoms with Gasteiger partial charge in [0.2, 0.25) is 0 Å². The molecule has 1 atom stereocenters. The molecule has 0 radical (unpaired) electrons. The van der Waals surface area contributed by atoms with Gasteiger partial charge in [0, 0.05) is 11.3 Å². The molecule has 0 saturated heterocycles. The van der Waals surface area contributed by atoms with Gasteiger partial charge < -0.3 is 5.32 Å². The lowest BCUT2D eigenvalue weighted by molar-refractivity contribution is 0.0940. The van der Waals surface area contributed by atoms with Gasteiger partial charge in [-0.2, -0.15) is 0 Å². The van der Waals surface area contributed by atoms with E-state index in [-0.39, 0.29) is 16.8 Å². The Morgan fingerprint density at radius 2 is 1.53 bits per heavy atom. The van der Waals surface area contributed by atoms with Crippen LogP contribution in [-0.2, 0) is 10.0 Å². The normalized spacial score (nSPS) is 12.3. The van der Waals surface area contributed by atoms with Gasteiger partial charge in [-0.1, -0.05) is 47.5 Å². The molecule has 0 aliphatic rings. The Morgan fingerprint density at radius 3 is 2.23 bits per heavy atom. The highest BCUT2D eigenvalue weighted by atomic mass is 32.2. The minimum absolute atomic E-state index is 0.173. The highest BCUT2D eigenvalue weighted by Gasteiger charge is 2.17. The lowest BCUT2D eigenvalue weighted by atomic mass is 9.99. The van der Waals surface area contributed by atoms with Crippen molar-refractivity contribution in [3.05, 3.63) is 94.5 Å². The van der Waals surface area contributed by atoms with E-state index in [1.54, 1.807) is 42.5 Å². The predicted molar refractivity (Wildman–Crippen MR) is 120 cm³/mol. The van der Waals surface area contributed by atoms with Crippen molar-refractivity contribution in [1.82, 2.24) is 5.32 Å². The molecule has 0 spiro atoms. The number of carbonyl (C=O) groups excluding carboxylic acids is 1. The van der Waals surface area contributed by atoms with Crippen LogP contribution in [0.5, 0.6) is 0 Å². The molecule has 6 heteroatoms. The number of sulfonamides is 1. The van der Waals surface area contributed by atoms with E-state index in [2.05, 4.69) is 16.1 Å². The fraction of sp³-hybridized carbons (Fsp3) is 0.208. The van der Waals surface area contributed by atoms with Gasteiger partial charge in [-0.3, -0.25) is 9.52 Å². The molecule has 0 aromatic heterocycles. The van der Waals surface area contributed by atoms with Crippen molar-refractivity contribution in [1.29, 1.82) is 0 Å². The van der Waals surface area contributed by atoms with Gasteiger partial charge in [0.25, 0.3) is 15.9 Å². The molecule has 0 heterocycles. The molecule has 3 aromatic carbocycles. The van der Waals surface area contributed by atoms with E-state index in [1.165, 1.54) is 6.07 Å². The molecule has 156 valence electrons. The van der Waals surface area contributed by atoms with Crippen LogP contribution >= 0.6 is 0 Å². The molecule has 0 aliphatic heterocycles. The number of hydrogen-bond acceptors (Lipinski definition) is 3. The van der Waals surface area contributed by atoms with Crippen LogP contribution < -0.4 is 10.0 Å². The van der Waals surface area contributed by atoms with Crippen molar-refractivity contribution < 1.29 is 13.2 Å². The predicted octanol–water partition coefficient (Wildman–Crippen LogP) is 4.90. The van der Waals surface area contributed by atoms with Crippen molar-refractivity contribution in [2.45, 2.75) is 38.6 Å². The SMILES string of the molecule is Cc1ccc(S(=O)(=O)Nc2cccc(C(=O)NC(C)c3cc(C)ccc3C)c2)cc1. The molecule has 0 bridgehead atoms. The van der Waals surface area contributed by atoms with E-state index < -0.39 is 10.0 Å². The summed E-state index contributed by atoms with van der Waals surface area (Å²) in [6.07, 6.45) is 0. The largest absolute Gasteiger partial charge is 0.346 e. The zero-order valence-electron chi connectivity index (χ0n) is 17.6. The van der Waals surface area contributed by atoms with E-state index in [9.17, 15) is 13.2 Å². The molecule has 5 nitrogen and oxygen atoms in total. The van der Waals surface area contributed by atoms with E-state index in [0.29, 0.717) is 11.3 Å². The number of anilines is 1. The minimum Gasteiger partial charge on any atom is -0.346 e. The first-order valence-electron chi connectivity index (χ1n) is 9.73. The zero-order valence-corrected chi connectivity index (χ0v) is 18.4. The van der Waals surface area contributed by atoms with Gasteiger partial charge >= 0.3 is 0 Å². The Balaban J connectivity index is 1.77. The number of carbonyl (C=O) groups is 1. The quantitative estimate of drug-likeness (QED) is 0.593. The smallest absolute Gasteiger partial charge is 0.261 e. The van der Waals surface area contributed by atoms with Gasteiger partial charge in [0.15, 0.2) is 0 Å². The maximum Gasteiger partial charge on any atom is 0.261 e. The van der Waals surface area contributed by atoms with Crippen LogP contribution in [0.15, 0.2) is 71.6 Å². The summed E-state index contributed by atoms with van der Waals surface area (Å²) in [5, 5.41) is 2.99. The Hall–Kier alpha value is -3.12. The standard InChI is InChI=1S/C24H26N2O3S/c1-16-9-12-22(13-10-16)30(28,29)26-21-7-5-6-20(15-21)24(27)25-19(4)23-14-17(2)8-11-18(23)3/h5-15,19,26H,1-4H3,(H,25,27). The maximum atomic E-state index is 12.8. The molecule has 1 unspecified atom stereocenters. The summed E-state index contributed by atoms with van der Waals surface area (Å²) in [5.74, 6) is -0.264. The van der Waals surface area contributed by atoms with Crippen LogP contribution in [-0.4, -0.2) is 14.3 Å². The van der Waals surface area contributed by atoms with Gasteiger partial charge in [-0.25, -0.2) is 8.42 Å². The van der Waals surface area contributed by atoms with Crippen LogP contribution in [0.2, 0.25) is 0 Å². The number of rotatable bonds is 6. The fourth-order valence-corrected chi connectivity index (χ4v) is 4.29. The molecule has 0 saturated carbocycles. The van der Waals surface area contributed by atoms with Crippen molar-refractivity contribution in [3.63, 3.8) is 0 Å². The molecular formula is C24H26N2O3S. The lowest BCUT2D eigenvalue weighted by Crippen LogP contribution is -2.27. The first kappa shape index (κ1) is 21.6. The summed E-state index contributed by atoms with van der Waals surface area (Å²) in [6, 6.07) is 19.0. The van der Waals surface area contributed by atoms with Gasteiger partial charge in [-0.05, 0) is 69.2 Å². The highest BCUT2D eigenvalue weighted by molar-refractivity contribution is 7.92. The average molecular weight is 423 g/mol. The van der Waals surface area contributed by atoms with Gasteiger partial charge in [0.1, 0.15) is 0 Å². The zero-order chi connectivity index (χ0) is 21.9. The second-order valence-electron chi connectivity index (χ2n) is 7.55. The first-order chi connectivity index (χ1) is 14.2. The van der Waals surface area contributed by atoms with E-state index in [0.717, 1.165) is 22.3 Å². The van der Waals surface area contributed by atoms with Crippen molar-refractivity contribution in [3.8, 4) is 0 Å². The number of hydrogen-bond donors (Lipinski definition) is 2. The summed E-state index contributed by atoms with van der Waals surface area (Å²) in [6.45, 7) is 7.85. The Labute approximate surface area is 178 Å². The lowest BCUT2D eigenvalue weighted by Gasteiger charge is -2.18. The molecule has 3 rings (SSSR count). The molecule has 30 heavy (non-hydrogen) atoms. The van der Waals surface area contributed by atoms with Gasteiger partial charge in [0.05, 0.1) is 10.9 Å². The summed E-state index contributed by atoms with van der Waals surface area (Å²) in [4.78, 5) is 12.9. The van der Waals surface area contributed by atoms with Crippen LogP contribution in [0.25, 0.3) is 0 Å². The number of nitrogens with one attached hydrogen (secondary N) is 2. The van der Waals surface area contributed by atoms with Crippen molar-refractivity contribution >= 4 is 21.6 Å². The number of benzene rings is 3. The van der Waals surface area contributed by atoms with Crippen LogP contribution in [0, 0.1) is 20.8 Å². The summed E-state index contributed by atoms with van der Waals surface area (Å²) in [5.41, 5.74) is 4.99. The Bertz CT molecular complexity index is 1170. The monoisotopic (exact) mass is 422 g/mol.